The van der Waals surface area contributed by atoms with E-state index in [1.165, 1.54) is 0 Å². The number of hydrogen-bond donors (Lipinski definition) is 1. The molecule has 17 heavy (non-hydrogen) atoms. The van der Waals surface area contributed by atoms with Crippen LogP contribution in [0.25, 0.3) is 0 Å². The van der Waals surface area contributed by atoms with Crippen LogP contribution >= 0.6 is 0 Å². The van der Waals surface area contributed by atoms with Gasteiger partial charge in [-0.25, -0.2) is 0 Å². The lowest BCUT2D eigenvalue weighted by atomic mass is 10.2. The van der Waals surface area contributed by atoms with Crippen LogP contribution < -0.4 is 10.5 Å². The smallest absolute Gasteiger partial charge is 0.119 e. The predicted octanol–water partition coefficient (Wildman–Crippen LogP) is 4.23. The highest BCUT2D eigenvalue weighted by molar-refractivity contribution is 5.26. The summed E-state index contributed by atoms with van der Waals surface area (Å²) >= 11 is 0. The molecule has 100 valence electrons. The number of nitrogens with two attached hydrogens (primary N) is 1. The monoisotopic (exact) mass is 239 g/mol. The zero-order valence-electron chi connectivity index (χ0n) is 12.3. The van der Waals surface area contributed by atoms with E-state index in [0.717, 1.165) is 17.9 Å². The van der Waals surface area contributed by atoms with Crippen LogP contribution in [0, 0.1) is 5.92 Å². The molecule has 0 atom stereocenters. The van der Waals surface area contributed by atoms with Gasteiger partial charge in [0.1, 0.15) is 5.75 Å². The van der Waals surface area contributed by atoms with Crippen molar-refractivity contribution in [1.82, 2.24) is 0 Å². The van der Waals surface area contributed by atoms with Crippen LogP contribution in [0.5, 0.6) is 5.75 Å². The van der Waals surface area contributed by atoms with Crippen molar-refractivity contribution in [3.05, 3.63) is 29.8 Å². The normalized spacial score (nSPS) is 8.71. The van der Waals surface area contributed by atoms with Crippen molar-refractivity contribution in [2.24, 2.45) is 11.7 Å². The summed E-state index contributed by atoms with van der Waals surface area (Å²) in [7, 11) is 0. The molecule has 2 nitrogen and oxygen atoms in total. The highest BCUT2D eigenvalue weighted by Crippen LogP contribution is 2.12. The van der Waals surface area contributed by atoms with Crippen molar-refractivity contribution in [2.45, 2.75) is 48.1 Å². The molecule has 0 aliphatic carbocycles. The molecule has 2 N–H and O–H groups in total. The van der Waals surface area contributed by atoms with Gasteiger partial charge in [0.2, 0.25) is 0 Å². The standard InChI is InChI=1S/C11H17NO.2C2H6/c1-9(2)8-13-11-5-3-10(7-12)4-6-11;2*1-2/h3-6,9H,7-8,12H2,1-2H3;2*1-2H3. The van der Waals surface area contributed by atoms with E-state index in [1.54, 1.807) is 0 Å². The fourth-order valence-electron chi connectivity index (χ4n) is 0.985. The zero-order valence-corrected chi connectivity index (χ0v) is 12.3. The molecule has 0 saturated carbocycles. The number of ether oxygens (including phenoxy) is 1. The Balaban J connectivity index is 0. The summed E-state index contributed by atoms with van der Waals surface area (Å²) in [5.41, 5.74) is 6.62. The van der Waals surface area contributed by atoms with E-state index in [1.807, 2.05) is 52.0 Å². The lowest BCUT2D eigenvalue weighted by Crippen LogP contribution is -2.04. The van der Waals surface area contributed by atoms with E-state index >= 15 is 0 Å². The van der Waals surface area contributed by atoms with Crippen LogP contribution in [-0.2, 0) is 6.54 Å². The average molecular weight is 239 g/mol. The van der Waals surface area contributed by atoms with Gasteiger partial charge in [0.05, 0.1) is 6.61 Å². The van der Waals surface area contributed by atoms with Crippen molar-refractivity contribution in [3.8, 4) is 5.75 Å². The summed E-state index contributed by atoms with van der Waals surface area (Å²) < 4.78 is 5.53. The molecule has 0 radical (unpaired) electrons. The van der Waals surface area contributed by atoms with E-state index in [9.17, 15) is 0 Å². The van der Waals surface area contributed by atoms with Crippen LogP contribution in [-0.4, -0.2) is 6.61 Å². The average Bonchev–Trinajstić information content (AvgIpc) is 2.41. The third-order valence-electron chi connectivity index (χ3n) is 1.74. The van der Waals surface area contributed by atoms with Gasteiger partial charge in [-0.15, -0.1) is 0 Å². The Bertz CT molecular complexity index is 242. The molecule has 0 saturated heterocycles. The van der Waals surface area contributed by atoms with E-state index in [4.69, 9.17) is 10.5 Å². The second-order valence-corrected chi connectivity index (χ2v) is 3.55. The molecule has 0 aliphatic heterocycles. The van der Waals surface area contributed by atoms with Gasteiger partial charge < -0.3 is 10.5 Å². The quantitative estimate of drug-likeness (QED) is 0.853. The maximum atomic E-state index is 5.53. The molecule has 0 unspecified atom stereocenters. The van der Waals surface area contributed by atoms with E-state index in [0.29, 0.717) is 12.5 Å². The van der Waals surface area contributed by atoms with Gasteiger partial charge in [-0.05, 0) is 23.6 Å². The summed E-state index contributed by atoms with van der Waals surface area (Å²) in [5.74, 6) is 1.49. The van der Waals surface area contributed by atoms with Gasteiger partial charge >= 0.3 is 0 Å². The SMILES string of the molecule is CC.CC.CC(C)COc1ccc(CN)cc1. The molecule has 1 aromatic carbocycles. The molecule has 0 bridgehead atoms. The van der Waals surface area contributed by atoms with Crippen LogP contribution in [0.1, 0.15) is 47.1 Å². The zero-order chi connectivity index (χ0) is 13.7. The molecular formula is C15H29NO. The summed E-state index contributed by atoms with van der Waals surface area (Å²) in [4.78, 5) is 0. The Hall–Kier alpha value is -1.02. The lowest BCUT2D eigenvalue weighted by Gasteiger charge is -2.08. The third-order valence-corrected chi connectivity index (χ3v) is 1.74. The van der Waals surface area contributed by atoms with Gasteiger partial charge in [-0.3, -0.25) is 0 Å². The Morgan fingerprint density at radius 3 is 1.82 bits per heavy atom. The minimum absolute atomic E-state index is 0.564. The van der Waals surface area contributed by atoms with Gasteiger partial charge in [-0.2, -0.15) is 0 Å². The second kappa shape index (κ2) is 13.0. The summed E-state index contributed by atoms with van der Waals surface area (Å²) in [5, 5.41) is 0. The van der Waals surface area contributed by atoms with Crippen molar-refractivity contribution >= 4 is 0 Å². The molecule has 0 heterocycles. The molecular weight excluding hydrogens is 210 g/mol. The molecule has 0 spiro atoms. The summed E-state index contributed by atoms with van der Waals surface area (Å²) in [6.07, 6.45) is 0. The summed E-state index contributed by atoms with van der Waals surface area (Å²) in [6.45, 7) is 13.6. The second-order valence-electron chi connectivity index (χ2n) is 3.55. The van der Waals surface area contributed by atoms with E-state index in [-0.39, 0.29) is 0 Å². The van der Waals surface area contributed by atoms with Crippen LogP contribution in [0.3, 0.4) is 0 Å². The molecule has 1 aromatic rings. The molecule has 2 heteroatoms. The van der Waals surface area contributed by atoms with Crippen molar-refractivity contribution in [3.63, 3.8) is 0 Å². The Labute approximate surface area is 107 Å². The molecule has 0 fully saturated rings. The molecule has 0 amide bonds. The first-order valence-corrected chi connectivity index (χ1v) is 6.64. The van der Waals surface area contributed by atoms with Crippen molar-refractivity contribution in [1.29, 1.82) is 0 Å². The minimum atomic E-state index is 0.564. The Kier molecular flexibility index (Phi) is 14.1. The Morgan fingerprint density at radius 2 is 1.47 bits per heavy atom. The Morgan fingerprint density at radius 1 is 1.00 bits per heavy atom. The topological polar surface area (TPSA) is 35.2 Å². The number of benzene rings is 1. The van der Waals surface area contributed by atoms with Gasteiger partial charge in [0.15, 0.2) is 0 Å². The van der Waals surface area contributed by atoms with Gasteiger partial charge in [0.25, 0.3) is 0 Å². The van der Waals surface area contributed by atoms with Crippen LogP contribution in [0.15, 0.2) is 24.3 Å². The lowest BCUT2D eigenvalue weighted by molar-refractivity contribution is 0.271. The largest absolute Gasteiger partial charge is 0.493 e. The molecule has 1 rings (SSSR count). The first-order valence-electron chi connectivity index (χ1n) is 6.64. The fourth-order valence-corrected chi connectivity index (χ4v) is 0.985. The van der Waals surface area contributed by atoms with Gasteiger partial charge in [-0.1, -0.05) is 53.7 Å². The van der Waals surface area contributed by atoms with Crippen LogP contribution in [0.2, 0.25) is 0 Å². The molecule has 0 aromatic heterocycles. The van der Waals surface area contributed by atoms with Crippen molar-refractivity contribution in [2.75, 3.05) is 6.61 Å². The third kappa shape index (κ3) is 9.88. The highest BCUT2D eigenvalue weighted by Gasteiger charge is 1.96. The minimum Gasteiger partial charge on any atom is -0.493 e. The number of rotatable bonds is 4. The first kappa shape index (κ1) is 18.3. The molecule has 0 aliphatic rings. The fraction of sp³-hybridized carbons (Fsp3) is 0.600. The van der Waals surface area contributed by atoms with Gasteiger partial charge in [0, 0.05) is 6.54 Å². The summed E-state index contributed by atoms with van der Waals surface area (Å²) in [6, 6.07) is 7.92. The first-order chi connectivity index (χ1) is 8.22. The maximum Gasteiger partial charge on any atom is 0.119 e. The van der Waals surface area contributed by atoms with E-state index in [2.05, 4.69) is 13.8 Å². The maximum absolute atomic E-state index is 5.53. The van der Waals surface area contributed by atoms with E-state index < -0.39 is 0 Å². The van der Waals surface area contributed by atoms with Crippen molar-refractivity contribution < 1.29 is 4.74 Å². The van der Waals surface area contributed by atoms with Crippen LogP contribution in [0.4, 0.5) is 0 Å². The number of hydrogen-bond acceptors (Lipinski definition) is 2. The highest BCUT2D eigenvalue weighted by atomic mass is 16.5. The predicted molar refractivity (Wildman–Crippen MR) is 77.4 cm³/mol.